The maximum Gasteiger partial charge on any atom is 0.258 e. The molecule has 0 aromatic heterocycles. The summed E-state index contributed by atoms with van der Waals surface area (Å²) in [5, 5.41) is 10.4. The Balaban J connectivity index is 2.37. The van der Waals surface area contributed by atoms with Gasteiger partial charge in [0.15, 0.2) is 0 Å². The van der Waals surface area contributed by atoms with E-state index in [0.717, 1.165) is 11.1 Å². The Bertz CT molecular complexity index is 477. The van der Waals surface area contributed by atoms with Gasteiger partial charge < -0.3 is 14.7 Å². The van der Waals surface area contributed by atoms with Gasteiger partial charge in [-0.3, -0.25) is 4.79 Å². The monoisotopic (exact) mass is 263 g/mol. The quantitative estimate of drug-likeness (QED) is 0.890. The van der Waals surface area contributed by atoms with E-state index in [1.165, 1.54) is 0 Å². The Labute approximate surface area is 114 Å². The summed E-state index contributed by atoms with van der Waals surface area (Å²) >= 11 is 0. The number of benzene rings is 1. The van der Waals surface area contributed by atoms with Gasteiger partial charge in [0.25, 0.3) is 5.91 Å². The van der Waals surface area contributed by atoms with E-state index in [9.17, 15) is 9.90 Å². The van der Waals surface area contributed by atoms with Crippen LogP contribution in [0.15, 0.2) is 12.1 Å². The van der Waals surface area contributed by atoms with Crippen molar-refractivity contribution in [2.24, 2.45) is 0 Å². The third-order valence-corrected chi connectivity index (χ3v) is 3.55. The van der Waals surface area contributed by atoms with Gasteiger partial charge >= 0.3 is 0 Å². The van der Waals surface area contributed by atoms with E-state index in [0.29, 0.717) is 31.9 Å². The summed E-state index contributed by atoms with van der Waals surface area (Å²) in [6.07, 6.45) is 0. The zero-order valence-electron chi connectivity index (χ0n) is 11.8. The fourth-order valence-electron chi connectivity index (χ4n) is 2.37. The minimum atomic E-state index is -0.0965. The summed E-state index contributed by atoms with van der Waals surface area (Å²) in [5.74, 6) is 0.226. The van der Waals surface area contributed by atoms with Gasteiger partial charge in [0.05, 0.1) is 18.8 Å². The van der Waals surface area contributed by atoms with Crippen molar-refractivity contribution in [2.45, 2.75) is 26.7 Å². The van der Waals surface area contributed by atoms with Gasteiger partial charge in [-0.1, -0.05) is 26.0 Å². The first-order valence-electron chi connectivity index (χ1n) is 6.72. The lowest BCUT2D eigenvalue weighted by Gasteiger charge is -2.28. The highest BCUT2D eigenvalue weighted by atomic mass is 16.5. The molecule has 0 aliphatic carbocycles. The average molecular weight is 263 g/mol. The van der Waals surface area contributed by atoms with Crippen LogP contribution in [0.3, 0.4) is 0 Å². The number of ether oxygens (including phenoxy) is 1. The van der Waals surface area contributed by atoms with E-state index in [1.54, 1.807) is 4.90 Å². The fourth-order valence-corrected chi connectivity index (χ4v) is 2.37. The van der Waals surface area contributed by atoms with Crippen molar-refractivity contribution in [3.05, 3.63) is 28.8 Å². The summed E-state index contributed by atoms with van der Waals surface area (Å²) in [5.41, 5.74) is 2.08. The molecule has 4 nitrogen and oxygen atoms in total. The predicted octanol–water partition coefficient (Wildman–Crippen LogP) is 2.30. The summed E-state index contributed by atoms with van der Waals surface area (Å²) in [4.78, 5) is 14.3. The molecule has 0 atom stereocenters. The summed E-state index contributed by atoms with van der Waals surface area (Å²) in [6, 6.07) is 3.80. The maximum absolute atomic E-state index is 12.5. The zero-order valence-corrected chi connectivity index (χ0v) is 11.8. The van der Waals surface area contributed by atoms with Gasteiger partial charge in [-0.05, 0) is 24.0 Å². The van der Waals surface area contributed by atoms with Crippen LogP contribution < -0.4 is 0 Å². The first kappa shape index (κ1) is 13.9. The number of hydrogen-bond acceptors (Lipinski definition) is 3. The molecule has 1 saturated heterocycles. The van der Waals surface area contributed by atoms with Crippen molar-refractivity contribution in [1.82, 2.24) is 4.90 Å². The normalized spacial score (nSPS) is 15.9. The number of phenolic OH excluding ortho intramolecular Hbond substituents is 1. The molecule has 0 radical (unpaired) electrons. The van der Waals surface area contributed by atoms with Crippen LogP contribution in [-0.2, 0) is 4.74 Å². The highest BCUT2D eigenvalue weighted by Crippen LogP contribution is 2.32. The summed E-state index contributed by atoms with van der Waals surface area (Å²) in [6.45, 7) is 8.18. The maximum atomic E-state index is 12.5. The van der Waals surface area contributed by atoms with Crippen LogP contribution in [0.1, 0.15) is 41.3 Å². The Kier molecular flexibility index (Phi) is 4.10. The molecule has 1 aliphatic rings. The number of aromatic hydroxyl groups is 1. The largest absolute Gasteiger partial charge is 0.507 e. The Morgan fingerprint density at radius 3 is 2.53 bits per heavy atom. The lowest BCUT2D eigenvalue weighted by atomic mass is 9.95. The van der Waals surface area contributed by atoms with Gasteiger partial charge in [0.1, 0.15) is 5.75 Å². The molecule has 1 fully saturated rings. The van der Waals surface area contributed by atoms with Gasteiger partial charge in [-0.25, -0.2) is 0 Å². The van der Waals surface area contributed by atoms with E-state index in [4.69, 9.17) is 4.74 Å². The highest BCUT2D eigenvalue weighted by molar-refractivity contribution is 5.98. The van der Waals surface area contributed by atoms with Crippen LogP contribution in [0.5, 0.6) is 5.75 Å². The van der Waals surface area contributed by atoms with Crippen molar-refractivity contribution >= 4 is 5.91 Å². The molecule has 104 valence electrons. The molecule has 4 heteroatoms. The molecule has 0 saturated carbocycles. The molecule has 1 aliphatic heterocycles. The third kappa shape index (κ3) is 2.73. The molecule has 1 aromatic rings. The average Bonchev–Trinajstić information content (AvgIpc) is 2.39. The van der Waals surface area contributed by atoms with Gasteiger partial charge in [0, 0.05) is 13.1 Å². The number of phenols is 1. The molecule has 1 amide bonds. The second kappa shape index (κ2) is 5.61. The molecular weight excluding hydrogens is 242 g/mol. The first-order valence-corrected chi connectivity index (χ1v) is 6.72. The minimum absolute atomic E-state index is 0.0965. The van der Waals surface area contributed by atoms with Gasteiger partial charge in [-0.2, -0.15) is 0 Å². The lowest BCUT2D eigenvalue weighted by molar-refractivity contribution is 0.0300. The lowest BCUT2D eigenvalue weighted by Crippen LogP contribution is -2.41. The number of rotatable bonds is 2. The van der Waals surface area contributed by atoms with Gasteiger partial charge in [-0.15, -0.1) is 0 Å². The van der Waals surface area contributed by atoms with Crippen molar-refractivity contribution in [1.29, 1.82) is 0 Å². The highest BCUT2D eigenvalue weighted by Gasteiger charge is 2.24. The van der Waals surface area contributed by atoms with Crippen LogP contribution >= 0.6 is 0 Å². The molecule has 0 bridgehead atoms. The minimum Gasteiger partial charge on any atom is -0.507 e. The predicted molar refractivity (Wildman–Crippen MR) is 73.7 cm³/mol. The second-order valence-electron chi connectivity index (χ2n) is 5.25. The van der Waals surface area contributed by atoms with Crippen molar-refractivity contribution in [2.75, 3.05) is 26.3 Å². The van der Waals surface area contributed by atoms with Crippen molar-refractivity contribution in [3.63, 3.8) is 0 Å². The summed E-state index contributed by atoms with van der Waals surface area (Å²) < 4.78 is 5.25. The summed E-state index contributed by atoms with van der Waals surface area (Å²) in [7, 11) is 0. The number of carbonyl (C=O) groups is 1. The number of morpholine rings is 1. The first-order chi connectivity index (χ1) is 9.02. The van der Waals surface area contributed by atoms with E-state index in [1.807, 2.05) is 32.9 Å². The smallest absolute Gasteiger partial charge is 0.258 e. The molecule has 0 spiro atoms. The second-order valence-corrected chi connectivity index (χ2v) is 5.25. The molecule has 1 heterocycles. The van der Waals surface area contributed by atoms with Crippen LogP contribution in [0.2, 0.25) is 0 Å². The number of hydrogen-bond donors (Lipinski definition) is 1. The molecule has 1 N–H and O–H groups in total. The Morgan fingerprint density at radius 2 is 1.95 bits per heavy atom. The van der Waals surface area contributed by atoms with Gasteiger partial charge in [0.2, 0.25) is 0 Å². The van der Waals surface area contributed by atoms with Crippen molar-refractivity contribution in [3.8, 4) is 5.75 Å². The Hall–Kier alpha value is -1.55. The number of carbonyl (C=O) groups excluding carboxylic acids is 1. The number of nitrogens with zero attached hydrogens (tertiary/aromatic N) is 1. The molecule has 0 unspecified atom stereocenters. The Morgan fingerprint density at radius 1 is 1.32 bits per heavy atom. The number of aryl methyl sites for hydroxylation is 1. The van der Waals surface area contributed by atoms with Crippen LogP contribution in [0.25, 0.3) is 0 Å². The van der Waals surface area contributed by atoms with Crippen LogP contribution in [0.4, 0.5) is 0 Å². The fraction of sp³-hybridized carbons (Fsp3) is 0.533. The van der Waals surface area contributed by atoms with E-state index < -0.39 is 0 Å². The van der Waals surface area contributed by atoms with E-state index in [-0.39, 0.29) is 17.6 Å². The standard InChI is InChI=1S/C15H21NO3/c1-10(2)12-5-4-11(3)13(14(12)17)15(18)16-6-8-19-9-7-16/h4-5,10,17H,6-9H2,1-3H3. The topological polar surface area (TPSA) is 49.8 Å². The SMILES string of the molecule is Cc1ccc(C(C)C)c(O)c1C(=O)N1CCOCC1. The molecule has 19 heavy (non-hydrogen) atoms. The van der Waals surface area contributed by atoms with E-state index in [2.05, 4.69) is 0 Å². The zero-order chi connectivity index (χ0) is 14.0. The number of amides is 1. The molecule has 2 rings (SSSR count). The van der Waals surface area contributed by atoms with Crippen LogP contribution in [-0.4, -0.2) is 42.2 Å². The van der Waals surface area contributed by atoms with E-state index >= 15 is 0 Å². The van der Waals surface area contributed by atoms with Crippen LogP contribution in [0, 0.1) is 6.92 Å². The van der Waals surface area contributed by atoms with Crippen molar-refractivity contribution < 1.29 is 14.6 Å². The molecular formula is C15H21NO3. The third-order valence-electron chi connectivity index (χ3n) is 3.55. The molecule has 1 aromatic carbocycles.